The minimum absolute atomic E-state index is 0.0455. The maximum atomic E-state index is 12.9. The van der Waals surface area contributed by atoms with Gasteiger partial charge < -0.3 is 15.1 Å². The fourth-order valence-electron chi connectivity index (χ4n) is 3.93. The minimum Gasteiger partial charge on any atom is -0.368 e. The molecule has 0 aliphatic carbocycles. The number of carbonyl (C=O) groups is 2. The molecule has 1 fully saturated rings. The Hall–Kier alpha value is -2.82. The lowest BCUT2D eigenvalue weighted by molar-refractivity contribution is -0.116. The Morgan fingerprint density at radius 1 is 1.00 bits per heavy atom. The molecule has 0 atom stereocenters. The molecule has 2 aromatic rings. The summed E-state index contributed by atoms with van der Waals surface area (Å²) in [5, 5.41) is 2.87. The van der Waals surface area contributed by atoms with E-state index in [0.717, 1.165) is 37.4 Å². The highest BCUT2D eigenvalue weighted by atomic mass is 16.2. The molecule has 0 radical (unpaired) electrons. The fourth-order valence-corrected chi connectivity index (χ4v) is 3.93. The maximum Gasteiger partial charge on any atom is 0.253 e. The van der Waals surface area contributed by atoms with Crippen LogP contribution < -0.4 is 10.2 Å². The van der Waals surface area contributed by atoms with E-state index in [1.54, 1.807) is 0 Å². The highest BCUT2D eigenvalue weighted by molar-refractivity contribution is 5.98. The molecule has 0 spiro atoms. The Morgan fingerprint density at radius 2 is 1.78 bits per heavy atom. The highest BCUT2D eigenvalue weighted by Crippen LogP contribution is 2.26. The summed E-state index contributed by atoms with van der Waals surface area (Å²) in [6.45, 7) is 7.43. The van der Waals surface area contributed by atoms with E-state index >= 15 is 0 Å². The van der Waals surface area contributed by atoms with Crippen LogP contribution in [0.3, 0.4) is 0 Å². The van der Waals surface area contributed by atoms with Crippen LogP contribution in [-0.2, 0) is 11.2 Å². The average Bonchev–Trinajstić information content (AvgIpc) is 2.69. The van der Waals surface area contributed by atoms with Gasteiger partial charge in [0, 0.05) is 49.5 Å². The van der Waals surface area contributed by atoms with E-state index in [9.17, 15) is 9.59 Å². The summed E-state index contributed by atoms with van der Waals surface area (Å²) in [7, 11) is 0. The lowest BCUT2D eigenvalue weighted by Crippen LogP contribution is -2.49. The summed E-state index contributed by atoms with van der Waals surface area (Å²) in [5.74, 6) is 0.124. The van der Waals surface area contributed by atoms with Crippen LogP contribution in [0.25, 0.3) is 0 Å². The molecule has 140 valence electrons. The summed E-state index contributed by atoms with van der Waals surface area (Å²) < 4.78 is 0. The van der Waals surface area contributed by atoms with Crippen LogP contribution in [0.2, 0.25) is 0 Å². The molecule has 1 saturated heterocycles. The van der Waals surface area contributed by atoms with Crippen molar-refractivity contribution in [1.82, 2.24) is 4.90 Å². The number of carbonyl (C=O) groups excluding carboxylic acids is 2. The second-order valence-electron chi connectivity index (χ2n) is 7.42. The Kier molecular flexibility index (Phi) is 4.60. The smallest absolute Gasteiger partial charge is 0.253 e. The van der Waals surface area contributed by atoms with E-state index < -0.39 is 0 Å². The first kappa shape index (κ1) is 17.6. The van der Waals surface area contributed by atoms with Gasteiger partial charge in [0.1, 0.15) is 0 Å². The van der Waals surface area contributed by atoms with Crippen LogP contribution in [-0.4, -0.2) is 42.9 Å². The molecule has 4 rings (SSSR count). The molecular weight excluding hydrogens is 338 g/mol. The molecule has 5 heteroatoms. The lowest BCUT2D eigenvalue weighted by Gasteiger charge is -2.37. The Bertz CT molecular complexity index is 898. The first-order valence-electron chi connectivity index (χ1n) is 9.56. The summed E-state index contributed by atoms with van der Waals surface area (Å²) in [5.41, 5.74) is 6.48. The Labute approximate surface area is 160 Å². The zero-order valence-electron chi connectivity index (χ0n) is 15.9. The molecule has 27 heavy (non-hydrogen) atoms. The number of hydrogen-bond donors (Lipinski definition) is 1. The number of amides is 2. The third kappa shape index (κ3) is 3.42. The van der Waals surface area contributed by atoms with Crippen molar-refractivity contribution in [3.63, 3.8) is 0 Å². The third-order valence-corrected chi connectivity index (χ3v) is 5.73. The van der Waals surface area contributed by atoms with E-state index in [2.05, 4.69) is 42.3 Å². The number of fused-ring (bicyclic) bond motifs is 1. The molecular formula is C22H25N3O2. The van der Waals surface area contributed by atoms with Gasteiger partial charge in [0.2, 0.25) is 5.91 Å². The normalized spacial score (nSPS) is 16.7. The molecule has 0 bridgehead atoms. The van der Waals surface area contributed by atoms with Crippen LogP contribution in [0.4, 0.5) is 11.4 Å². The molecule has 2 heterocycles. The number of nitrogens with zero attached hydrogens (tertiary/aromatic N) is 2. The number of nitrogens with one attached hydrogen (secondary N) is 1. The Morgan fingerprint density at radius 3 is 2.56 bits per heavy atom. The van der Waals surface area contributed by atoms with Crippen molar-refractivity contribution in [2.24, 2.45) is 0 Å². The van der Waals surface area contributed by atoms with Crippen molar-refractivity contribution >= 4 is 23.2 Å². The van der Waals surface area contributed by atoms with Gasteiger partial charge in [-0.1, -0.05) is 12.1 Å². The number of anilines is 2. The fraction of sp³-hybridized carbons (Fsp3) is 0.364. The van der Waals surface area contributed by atoms with Crippen molar-refractivity contribution in [3.05, 3.63) is 58.7 Å². The van der Waals surface area contributed by atoms with Gasteiger partial charge >= 0.3 is 0 Å². The van der Waals surface area contributed by atoms with E-state index in [1.165, 1.54) is 16.8 Å². The molecule has 5 nitrogen and oxygen atoms in total. The van der Waals surface area contributed by atoms with Crippen molar-refractivity contribution in [3.8, 4) is 0 Å². The predicted octanol–water partition coefficient (Wildman–Crippen LogP) is 3.15. The van der Waals surface area contributed by atoms with Gasteiger partial charge in [-0.2, -0.15) is 0 Å². The first-order chi connectivity index (χ1) is 13.0. The molecule has 1 N–H and O–H groups in total. The number of benzene rings is 2. The highest BCUT2D eigenvalue weighted by Gasteiger charge is 2.24. The zero-order valence-corrected chi connectivity index (χ0v) is 15.9. The number of hydrogen-bond acceptors (Lipinski definition) is 3. The summed E-state index contributed by atoms with van der Waals surface area (Å²) in [4.78, 5) is 28.7. The van der Waals surface area contributed by atoms with Crippen LogP contribution in [0.15, 0.2) is 36.4 Å². The summed E-state index contributed by atoms with van der Waals surface area (Å²) >= 11 is 0. The van der Waals surface area contributed by atoms with E-state index in [0.29, 0.717) is 18.4 Å². The molecule has 2 aromatic carbocycles. The van der Waals surface area contributed by atoms with Gasteiger partial charge in [-0.25, -0.2) is 0 Å². The monoisotopic (exact) mass is 363 g/mol. The van der Waals surface area contributed by atoms with Crippen LogP contribution in [0.1, 0.15) is 33.5 Å². The quantitative estimate of drug-likeness (QED) is 0.892. The van der Waals surface area contributed by atoms with Crippen LogP contribution in [0.5, 0.6) is 0 Å². The van der Waals surface area contributed by atoms with Gasteiger partial charge in [0.05, 0.1) is 0 Å². The van der Waals surface area contributed by atoms with E-state index in [-0.39, 0.29) is 11.8 Å². The largest absolute Gasteiger partial charge is 0.368 e. The third-order valence-electron chi connectivity index (χ3n) is 5.73. The van der Waals surface area contributed by atoms with Crippen molar-refractivity contribution in [2.75, 3.05) is 36.4 Å². The predicted molar refractivity (Wildman–Crippen MR) is 107 cm³/mol. The number of rotatable bonds is 2. The summed E-state index contributed by atoms with van der Waals surface area (Å²) in [6.07, 6.45) is 1.18. The van der Waals surface area contributed by atoms with Crippen molar-refractivity contribution in [2.45, 2.75) is 26.7 Å². The lowest BCUT2D eigenvalue weighted by atomic mass is 10.00. The standard InChI is InChI=1S/C22H25N3O2/c1-15-4-3-5-20(16(15)2)24-10-12-25(13-11-24)22(27)18-6-8-19-17(14-18)7-9-21(26)23-19/h3-6,8,14H,7,9-13H2,1-2H3,(H,23,26). The van der Waals surface area contributed by atoms with E-state index in [1.807, 2.05) is 23.1 Å². The topological polar surface area (TPSA) is 52.7 Å². The van der Waals surface area contributed by atoms with E-state index in [4.69, 9.17) is 0 Å². The van der Waals surface area contributed by atoms with Gasteiger partial charge in [-0.15, -0.1) is 0 Å². The van der Waals surface area contributed by atoms with Gasteiger partial charge in [-0.05, 0) is 61.2 Å². The van der Waals surface area contributed by atoms with Crippen molar-refractivity contribution < 1.29 is 9.59 Å². The second kappa shape index (κ2) is 7.06. The molecule has 2 aliphatic heterocycles. The molecule has 0 unspecified atom stereocenters. The zero-order chi connectivity index (χ0) is 19.0. The SMILES string of the molecule is Cc1cccc(N2CCN(C(=O)c3ccc4c(c3)CCC(=O)N4)CC2)c1C. The van der Waals surface area contributed by atoms with Crippen molar-refractivity contribution in [1.29, 1.82) is 0 Å². The molecule has 2 amide bonds. The Balaban J connectivity index is 1.44. The minimum atomic E-state index is 0.0455. The van der Waals surface area contributed by atoms with Crippen LogP contribution >= 0.6 is 0 Å². The molecule has 2 aliphatic rings. The average molecular weight is 363 g/mol. The van der Waals surface area contributed by atoms with Gasteiger partial charge in [-0.3, -0.25) is 9.59 Å². The van der Waals surface area contributed by atoms with Crippen LogP contribution in [0, 0.1) is 13.8 Å². The van der Waals surface area contributed by atoms with Gasteiger partial charge in [0.15, 0.2) is 0 Å². The molecule has 0 aromatic heterocycles. The molecule has 0 saturated carbocycles. The number of piperazine rings is 1. The number of aryl methyl sites for hydroxylation is 2. The maximum absolute atomic E-state index is 12.9. The summed E-state index contributed by atoms with van der Waals surface area (Å²) in [6, 6.07) is 12.0. The first-order valence-corrected chi connectivity index (χ1v) is 9.56. The van der Waals surface area contributed by atoms with Gasteiger partial charge in [0.25, 0.3) is 5.91 Å². The second-order valence-corrected chi connectivity index (χ2v) is 7.42.